The molecule has 166 valence electrons. The fourth-order valence-electron chi connectivity index (χ4n) is 4.23. The van der Waals surface area contributed by atoms with E-state index in [4.69, 9.17) is 0 Å². The Kier molecular flexibility index (Phi) is 6.54. The number of benzene rings is 2. The number of amides is 1. The van der Waals surface area contributed by atoms with Gasteiger partial charge >= 0.3 is 0 Å². The van der Waals surface area contributed by atoms with Crippen LogP contribution in [0.3, 0.4) is 0 Å². The molecule has 31 heavy (non-hydrogen) atoms. The Bertz CT molecular complexity index is 892. The Hall–Kier alpha value is -2.49. The summed E-state index contributed by atoms with van der Waals surface area (Å²) in [5.41, 5.74) is 0.866. The molecule has 0 spiro atoms. The van der Waals surface area contributed by atoms with Crippen molar-refractivity contribution in [1.29, 1.82) is 0 Å². The molecule has 2 aromatic rings. The molecule has 4 rings (SSSR count). The van der Waals surface area contributed by atoms with Gasteiger partial charge in [0.25, 0.3) is 0 Å². The van der Waals surface area contributed by atoms with Gasteiger partial charge in [0.05, 0.1) is 12.1 Å². The molecule has 0 radical (unpaired) electrons. The summed E-state index contributed by atoms with van der Waals surface area (Å²) in [4.78, 5) is 16.5. The zero-order valence-corrected chi connectivity index (χ0v) is 16.9. The first kappa shape index (κ1) is 21.7. The number of piperazine rings is 2. The highest BCUT2D eigenvalue weighted by Gasteiger charge is 2.32. The van der Waals surface area contributed by atoms with Gasteiger partial charge in [0.1, 0.15) is 0 Å². The first-order valence-corrected chi connectivity index (χ1v) is 10.3. The van der Waals surface area contributed by atoms with Gasteiger partial charge in [0.15, 0.2) is 23.3 Å². The van der Waals surface area contributed by atoms with E-state index in [0.717, 1.165) is 37.4 Å². The smallest absolute Gasteiger partial charge is 0.241 e. The van der Waals surface area contributed by atoms with E-state index in [1.54, 1.807) is 4.90 Å². The largest absolute Gasteiger partial charge is 0.339 e. The maximum atomic E-state index is 13.9. The predicted molar refractivity (Wildman–Crippen MR) is 107 cm³/mol. The zero-order valence-electron chi connectivity index (χ0n) is 16.9. The van der Waals surface area contributed by atoms with Crippen LogP contribution in [0, 0.1) is 23.3 Å². The van der Waals surface area contributed by atoms with Crippen molar-refractivity contribution >= 4 is 5.91 Å². The highest BCUT2D eigenvalue weighted by Crippen LogP contribution is 2.31. The minimum absolute atomic E-state index is 0.0176. The van der Waals surface area contributed by atoms with Crippen molar-refractivity contribution in [3.05, 3.63) is 70.8 Å². The average molecular weight is 436 g/mol. The number of nitrogens with one attached hydrogen (secondary N) is 2. The number of rotatable bonds is 4. The summed E-state index contributed by atoms with van der Waals surface area (Å²) in [7, 11) is 0. The van der Waals surface area contributed by atoms with Crippen LogP contribution in [0.1, 0.15) is 17.2 Å². The van der Waals surface area contributed by atoms with Crippen molar-refractivity contribution < 1.29 is 22.4 Å². The maximum Gasteiger partial charge on any atom is 0.241 e. The monoisotopic (exact) mass is 436 g/mol. The Morgan fingerprint density at radius 3 is 1.90 bits per heavy atom. The number of carbonyl (C=O) groups excluding carboxylic acids is 1. The van der Waals surface area contributed by atoms with Crippen molar-refractivity contribution in [2.75, 3.05) is 45.8 Å². The van der Waals surface area contributed by atoms with E-state index in [2.05, 4.69) is 10.6 Å². The van der Waals surface area contributed by atoms with E-state index < -0.39 is 29.3 Å². The van der Waals surface area contributed by atoms with Crippen LogP contribution in [0.5, 0.6) is 0 Å². The summed E-state index contributed by atoms with van der Waals surface area (Å²) in [6.45, 7) is 3.92. The SMILES string of the molecule is O=C(C1CNCCN1)N1CCN(C(c2ccc(F)c(F)c2)c2ccc(F)c(F)c2)CC1. The molecule has 0 aliphatic carbocycles. The second kappa shape index (κ2) is 9.33. The molecule has 9 heteroatoms. The highest BCUT2D eigenvalue weighted by atomic mass is 19.2. The summed E-state index contributed by atoms with van der Waals surface area (Å²) < 4.78 is 54.9. The van der Waals surface area contributed by atoms with Crippen LogP contribution in [0.25, 0.3) is 0 Å². The number of hydrogen-bond acceptors (Lipinski definition) is 4. The van der Waals surface area contributed by atoms with Gasteiger partial charge in [-0.3, -0.25) is 9.69 Å². The minimum Gasteiger partial charge on any atom is -0.339 e. The van der Waals surface area contributed by atoms with Crippen LogP contribution in [-0.2, 0) is 4.79 Å². The summed E-state index contributed by atoms with van der Waals surface area (Å²) in [6, 6.07) is 6.23. The lowest BCUT2D eigenvalue weighted by Gasteiger charge is -2.41. The molecule has 5 nitrogen and oxygen atoms in total. The van der Waals surface area contributed by atoms with E-state index in [-0.39, 0.29) is 11.9 Å². The van der Waals surface area contributed by atoms with E-state index in [1.807, 2.05) is 4.90 Å². The Balaban J connectivity index is 1.55. The Labute approximate surface area is 178 Å². The third-order valence-corrected chi connectivity index (χ3v) is 5.85. The number of halogens is 4. The van der Waals surface area contributed by atoms with Gasteiger partial charge in [0.2, 0.25) is 5.91 Å². The molecule has 2 aliphatic rings. The first-order chi connectivity index (χ1) is 14.9. The zero-order chi connectivity index (χ0) is 22.0. The highest BCUT2D eigenvalue weighted by molar-refractivity contribution is 5.82. The third kappa shape index (κ3) is 4.73. The van der Waals surface area contributed by atoms with Crippen molar-refractivity contribution in [2.24, 2.45) is 0 Å². The quantitative estimate of drug-likeness (QED) is 0.721. The summed E-state index contributed by atoms with van der Waals surface area (Å²) in [6.07, 6.45) is 0. The van der Waals surface area contributed by atoms with Gasteiger partial charge in [-0.05, 0) is 35.4 Å². The normalized spacial score (nSPS) is 20.3. The predicted octanol–water partition coefficient (Wildman–Crippen LogP) is 2.04. The first-order valence-electron chi connectivity index (χ1n) is 10.3. The molecule has 2 saturated heterocycles. The number of nitrogens with zero attached hydrogens (tertiary/aromatic N) is 2. The maximum absolute atomic E-state index is 13.9. The van der Waals surface area contributed by atoms with Gasteiger partial charge < -0.3 is 15.5 Å². The molecular weight excluding hydrogens is 412 g/mol. The van der Waals surface area contributed by atoms with E-state index >= 15 is 0 Å². The van der Waals surface area contributed by atoms with Crippen LogP contribution >= 0.6 is 0 Å². The standard InChI is InChI=1S/C22H24F4N4O/c23-16-3-1-14(11-18(16)25)21(15-2-4-17(24)19(26)12-15)29-7-9-30(10-8-29)22(31)20-13-27-5-6-28-20/h1-4,11-12,20-21,27-28H,5-10,13H2. The van der Waals surface area contributed by atoms with Crippen LogP contribution in [-0.4, -0.2) is 67.6 Å². The van der Waals surface area contributed by atoms with Gasteiger partial charge in [-0.1, -0.05) is 12.1 Å². The van der Waals surface area contributed by atoms with Crippen LogP contribution < -0.4 is 10.6 Å². The molecule has 1 atom stereocenters. The topological polar surface area (TPSA) is 47.6 Å². The van der Waals surface area contributed by atoms with Crippen molar-refractivity contribution in [3.63, 3.8) is 0 Å². The molecule has 2 fully saturated rings. The molecule has 2 N–H and O–H groups in total. The van der Waals surface area contributed by atoms with Gasteiger partial charge in [-0.15, -0.1) is 0 Å². The average Bonchev–Trinajstić information content (AvgIpc) is 2.79. The fraction of sp³-hybridized carbons (Fsp3) is 0.409. The molecule has 1 amide bonds. The lowest BCUT2D eigenvalue weighted by molar-refractivity contribution is -0.135. The summed E-state index contributed by atoms with van der Waals surface area (Å²) in [5.74, 6) is -3.94. The molecule has 0 aromatic heterocycles. The van der Waals surface area contributed by atoms with Crippen LogP contribution in [0.2, 0.25) is 0 Å². The second-order valence-electron chi connectivity index (χ2n) is 7.82. The number of hydrogen-bond donors (Lipinski definition) is 2. The van der Waals surface area contributed by atoms with Crippen molar-refractivity contribution in [3.8, 4) is 0 Å². The van der Waals surface area contributed by atoms with Crippen LogP contribution in [0.4, 0.5) is 17.6 Å². The van der Waals surface area contributed by atoms with Gasteiger partial charge in [-0.25, -0.2) is 17.6 Å². The molecule has 2 aliphatic heterocycles. The third-order valence-electron chi connectivity index (χ3n) is 5.85. The van der Waals surface area contributed by atoms with Crippen molar-refractivity contribution in [2.45, 2.75) is 12.1 Å². The van der Waals surface area contributed by atoms with E-state index in [9.17, 15) is 22.4 Å². The Morgan fingerprint density at radius 2 is 1.42 bits per heavy atom. The van der Waals surface area contributed by atoms with Crippen LogP contribution in [0.15, 0.2) is 36.4 Å². The molecular formula is C22H24F4N4O. The van der Waals surface area contributed by atoms with E-state index in [1.165, 1.54) is 12.1 Å². The fourth-order valence-corrected chi connectivity index (χ4v) is 4.23. The summed E-state index contributed by atoms with van der Waals surface area (Å²) in [5, 5.41) is 6.39. The molecule has 2 aromatic carbocycles. The lowest BCUT2D eigenvalue weighted by atomic mass is 9.95. The van der Waals surface area contributed by atoms with Crippen molar-refractivity contribution in [1.82, 2.24) is 20.4 Å². The number of carbonyl (C=O) groups is 1. The molecule has 0 saturated carbocycles. The second-order valence-corrected chi connectivity index (χ2v) is 7.82. The van der Waals surface area contributed by atoms with Gasteiger partial charge in [-0.2, -0.15) is 0 Å². The van der Waals surface area contributed by atoms with E-state index in [0.29, 0.717) is 43.9 Å². The molecule has 0 bridgehead atoms. The molecule has 1 unspecified atom stereocenters. The van der Waals surface area contributed by atoms with Gasteiger partial charge in [0, 0.05) is 45.8 Å². The molecule has 2 heterocycles. The minimum atomic E-state index is -1.00. The summed E-state index contributed by atoms with van der Waals surface area (Å²) >= 11 is 0. The lowest BCUT2D eigenvalue weighted by Crippen LogP contribution is -2.59. The Morgan fingerprint density at radius 1 is 0.839 bits per heavy atom.